The van der Waals surface area contributed by atoms with Gasteiger partial charge in [-0.05, 0) is 25.0 Å². The van der Waals surface area contributed by atoms with Gasteiger partial charge in [0.1, 0.15) is 5.82 Å². The first-order valence-corrected chi connectivity index (χ1v) is 8.96. The molecule has 1 saturated heterocycles. The van der Waals surface area contributed by atoms with Gasteiger partial charge in [-0.1, -0.05) is 19.1 Å². The fourth-order valence-electron chi connectivity index (χ4n) is 3.47. The smallest absolute Gasteiger partial charge is 0.319 e. The largest absolute Gasteiger partial charge is 0.468 e. The Morgan fingerprint density at radius 2 is 2.00 bits per heavy atom. The minimum absolute atomic E-state index is 0.113. The van der Waals surface area contributed by atoms with Gasteiger partial charge in [-0.15, -0.1) is 0 Å². The van der Waals surface area contributed by atoms with Gasteiger partial charge in [0, 0.05) is 19.5 Å². The van der Waals surface area contributed by atoms with Gasteiger partial charge in [0.25, 0.3) is 5.56 Å². The Morgan fingerprint density at radius 3 is 2.65 bits per heavy atom. The molecule has 140 valence electrons. The number of likely N-dealkylation sites (tertiary alicyclic amines) is 1. The Kier molecular flexibility index (Phi) is 5.38. The minimum Gasteiger partial charge on any atom is -0.468 e. The van der Waals surface area contributed by atoms with E-state index in [1.807, 2.05) is 30.0 Å². The lowest BCUT2D eigenvalue weighted by Gasteiger charge is -2.38. The maximum atomic E-state index is 12.9. The van der Waals surface area contributed by atoms with Crippen LogP contribution < -0.4 is 5.56 Å². The molecular formula is C19H25N3O4. The van der Waals surface area contributed by atoms with Gasteiger partial charge in [-0.2, -0.15) is 0 Å². The summed E-state index contributed by atoms with van der Waals surface area (Å²) in [6, 6.07) is 7.29. The van der Waals surface area contributed by atoms with E-state index in [2.05, 4.69) is 4.98 Å². The third-order valence-electron chi connectivity index (χ3n) is 5.08. The van der Waals surface area contributed by atoms with E-state index in [0.717, 1.165) is 0 Å². The highest BCUT2D eigenvalue weighted by Gasteiger charge is 2.34. The monoisotopic (exact) mass is 359 g/mol. The molecule has 0 aliphatic carbocycles. The predicted octanol–water partition coefficient (Wildman–Crippen LogP) is 0.959. The van der Waals surface area contributed by atoms with E-state index in [9.17, 15) is 14.7 Å². The summed E-state index contributed by atoms with van der Waals surface area (Å²) in [5, 5.41) is 11.6. The van der Waals surface area contributed by atoms with Crippen molar-refractivity contribution in [2.24, 2.45) is 0 Å². The average Bonchev–Trinajstić information content (AvgIpc) is 2.66. The van der Waals surface area contributed by atoms with Crippen molar-refractivity contribution >= 4 is 16.9 Å². The first-order valence-electron chi connectivity index (χ1n) is 8.96. The summed E-state index contributed by atoms with van der Waals surface area (Å²) in [6.07, 6.45) is 1.60. The molecule has 1 fully saturated rings. The predicted molar refractivity (Wildman–Crippen MR) is 98.0 cm³/mol. The van der Waals surface area contributed by atoms with Crippen LogP contribution in [0.4, 0.5) is 0 Å². The zero-order valence-electron chi connectivity index (χ0n) is 15.3. The fraction of sp³-hybridized carbons (Fsp3) is 0.526. The van der Waals surface area contributed by atoms with E-state index in [-0.39, 0.29) is 24.6 Å². The minimum atomic E-state index is -0.982. The summed E-state index contributed by atoms with van der Waals surface area (Å²) < 4.78 is 6.30. The van der Waals surface area contributed by atoms with Crippen molar-refractivity contribution in [3.8, 4) is 0 Å². The Balaban J connectivity index is 1.81. The highest BCUT2D eigenvalue weighted by molar-refractivity contribution is 5.77. The van der Waals surface area contributed by atoms with Crippen molar-refractivity contribution in [2.75, 3.05) is 26.7 Å². The van der Waals surface area contributed by atoms with Crippen molar-refractivity contribution in [2.45, 2.75) is 38.3 Å². The molecule has 0 radical (unpaired) electrons. The highest BCUT2D eigenvalue weighted by Crippen LogP contribution is 2.24. The van der Waals surface area contributed by atoms with Crippen molar-refractivity contribution < 1.29 is 14.6 Å². The molecule has 0 bridgehead atoms. The second-order valence-corrected chi connectivity index (χ2v) is 6.87. The lowest BCUT2D eigenvalue weighted by Crippen LogP contribution is -2.49. The molecule has 0 unspecified atom stereocenters. The van der Waals surface area contributed by atoms with Crippen LogP contribution in [0, 0.1) is 0 Å². The van der Waals surface area contributed by atoms with Gasteiger partial charge in [0.2, 0.25) is 0 Å². The number of esters is 1. The second-order valence-electron chi connectivity index (χ2n) is 6.87. The first-order chi connectivity index (χ1) is 12.5. The number of aryl methyl sites for hydroxylation is 1. The van der Waals surface area contributed by atoms with Gasteiger partial charge in [-0.3, -0.25) is 19.1 Å². The van der Waals surface area contributed by atoms with Gasteiger partial charge in [0.15, 0.2) is 0 Å². The number of ether oxygens (including phenoxy) is 1. The molecule has 0 amide bonds. The first kappa shape index (κ1) is 18.5. The summed E-state index contributed by atoms with van der Waals surface area (Å²) in [5.41, 5.74) is -0.409. The van der Waals surface area contributed by atoms with Gasteiger partial charge < -0.3 is 9.84 Å². The molecule has 1 aromatic heterocycles. The van der Waals surface area contributed by atoms with Crippen LogP contribution >= 0.6 is 0 Å². The van der Waals surface area contributed by atoms with Crippen LogP contribution in [0.5, 0.6) is 0 Å². The summed E-state index contributed by atoms with van der Waals surface area (Å²) in [6.45, 7) is 3.57. The van der Waals surface area contributed by atoms with E-state index in [0.29, 0.717) is 49.1 Å². The maximum absolute atomic E-state index is 12.9. The molecule has 0 saturated carbocycles. The Hall–Kier alpha value is -2.25. The third-order valence-corrected chi connectivity index (χ3v) is 5.08. The number of rotatable bonds is 5. The van der Waals surface area contributed by atoms with Crippen molar-refractivity contribution in [3.05, 3.63) is 40.4 Å². The van der Waals surface area contributed by atoms with E-state index < -0.39 is 5.60 Å². The molecule has 2 aromatic rings. The van der Waals surface area contributed by atoms with Crippen LogP contribution in [0.2, 0.25) is 0 Å². The summed E-state index contributed by atoms with van der Waals surface area (Å²) in [7, 11) is 1.37. The number of para-hydroxylation sites is 1. The molecule has 2 heterocycles. The van der Waals surface area contributed by atoms with E-state index >= 15 is 0 Å². The zero-order chi connectivity index (χ0) is 18.7. The maximum Gasteiger partial charge on any atom is 0.319 e. The average molecular weight is 359 g/mol. The number of hydrogen-bond donors (Lipinski definition) is 1. The molecule has 1 aromatic carbocycles. The molecule has 3 rings (SSSR count). The van der Waals surface area contributed by atoms with Crippen LogP contribution in [0.3, 0.4) is 0 Å². The summed E-state index contributed by atoms with van der Waals surface area (Å²) in [4.78, 5) is 30.9. The standard InChI is InChI=1S/C19H25N3O4/c1-3-16-20-15-7-5-4-6-14(15)18(24)22(16)13-19(25)8-10-21(11-9-19)12-17(23)26-2/h4-7,25H,3,8-13H2,1-2H3. The summed E-state index contributed by atoms with van der Waals surface area (Å²) in [5.74, 6) is 0.401. The van der Waals surface area contributed by atoms with Crippen LogP contribution in [0.25, 0.3) is 10.9 Å². The van der Waals surface area contributed by atoms with E-state index in [1.54, 1.807) is 10.6 Å². The third kappa shape index (κ3) is 3.78. The number of carbonyl (C=O) groups is 1. The molecule has 0 atom stereocenters. The molecule has 0 spiro atoms. The molecule has 1 N–H and O–H groups in total. The lowest BCUT2D eigenvalue weighted by molar-refractivity contribution is -0.143. The Morgan fingerprint density at radius 1 is 1.31 bits per heavy atom. The molecule has 7 nitrogen and oxygen atoms in total. The quantitative estimate of drug-likeness (QED) is 0.801. The number of hydrogen-bond acceptors (Lipinski definition) is 6. The van der Waals surface area contributed by atoms with Crippen molar-refractivity contribution in [1.82, 2.24) is 14.5 Å². The van der Waals surface area contributed by atoms with Crippen molar-refractivity contribution in [1.29, 1.82) is 0 Å². The Bertz CT molecular complexity index is 853. The number of methoxy groups -OCH3 is 1. The second kappa shape index (κ2) is 7.55. The summed E-state index contributed by atoms with van der Waals surface area (Å²) >= 11 is 0. The number of aromatic nitrogens is 2. The van der Waals surface area contributed by atoms with E-state index in [4.69, 9.17) is 4.74 Å². The fourth-order valence-corrected chi connectivity index (χ4v) is 3.47. The van der Waals surface area contributed by atoms with Gasteiger partial charge in [-0.25, -0.2) is 4.98 Å². The molecule has 26 heavy (non-hydrogen) atoms. The van der Waals surface area contributed by atoms with Crippen molar-refractivity contribution in [3.63, 3.8) is 0 Å². The highest BCUT2D eigenvalue weighted by atomic mass is 16.5. The lowest BCUT2D eigenvalue weighted by atomic mass is 9.91. The molecule has 1 aliphatic rings. The number of benzene rings is 1. The van der Waals surface area contributed by atoms with Crippen LogP contribution in [0.15, 0.2) is 29.1 Å². The number of carbonyl (C=O) groups excluding carboxylic acids is 1. The van der Waals surface area contributed by atoms with Crippen LogP contribution in [-0.2, 0) is 22.5 Å². The van der Waals surface area contributed by atoms with Gasteiger partial charge in [0.05, 0.1) is 36.7 Å². The van der Waals surface area contributed by atoms with Gasteiger partial charge >= 0.3 is 5.97 Å². The van der Waals surface area contributed by atoms with E-state index in [1.165, 1.54) is 7.11 Å². The molecule has 1 aliphatic heterocycles. The number of nitrogens with zero attached hydrogens (tertiary/aromatic N) is 3. The van der Waals surface area contributed by atoms with Crippen LogP contribution in [-0.4, -0.2) is 57.9 Å². The zero-order valence-corrected chi connectivity index (χ0v) is 15.3. The SMILES string of the molecule is CCc1nc2ccccc2c(=O)n1CC1(O)CCN(CC(=O)OC)CC1. The molecular weight excluding hydrogens is 334 g/mol. The topological polar surface area (TPSA) is 84.7 Å². The molecule has 7 heteroatoms. The normalized spacial score (nSPS) is 17.3. The number of fused-ring (bicyclic) bond motifs is 1. The number of piperidine rings is 1. The number of aliphatic hydroxyl groups is 1. The Labute approximate surface area is 152 Å². The van der Waals surface area contributed by atoms with Crippen LogP contribution in [0.1, 0.15) is 25.6 Å².